The van der Waals surface area contributed by atoms with E-state index in [2.05, 4.69) is 16.0 Å². The summed E-state index contributed by atoms with van der Waals surface area (Å²) >= 11 is 1.69. The Hall–Kier alpha value is -2.26. The lowest BCUT2D eigenvalue weighted by molar-refractivity contribution is -0.144. The SMILES string of the molecule is CN[C@@H](C)C(=O)N[C@H]1CCS[C@H]2CC(C)(C)[C@@H](C(=O)N[C@@H]3CCCc4cc(O)ccc43)N2C1=O. The van der Waals surface area contributed by atoms with E-state index >= 15 is 0 Å². The number of nitrogens with zero attached hydrogens (tertiary/aromatic N) is 1. The maximum Gasteiger partial charge on any atom is 0.246 e. The third kappa shape index (κ3) is 4.77. The van der Waals surface area contributed by atoms with Crippen molar-refractivity contribution < 1.29 is 19.5 Å². The van der Waals surface area contributed by atoms with Gasteiger partial charge in [0.1, 0.15) is 17.8 Å². The van der Waals surface area contributed by atoms with Crippen LogP contribution in [-0.2, 0) is 20.8 Å². The number of carbonyl (C=O) groups is 3. The highest BCUT2D eigenvalue weighted by Crippen LogP contribution is 2.46. The Bertz CT molecular complexity index is 968. The Kier molecular flexibility index (Phi) is 7.14. The average molecular weight is 489 g/mol. The summed E-state index contributed by atoms with van der Waals surface area (Å²) in [7, 11) is 1.71. The molecule has 0 unspecified atom stereocenters. The molecule has 1 aromatic rings. The molecule has 34 heavy (non-hydrogen) atoms. The molecule has 5 atom stereocenters. The van der Waals surface area contributed by atoms with Crippen molar-refractivity contribution in [2.45, 2.75) is 82.4 Å². The molecule has 0 bridgehead atoms. The molecule has 0 saturated carbocycles. The lowest BCUT2D eigenvalue weighted by Crippen LogP contribution is -2.58. The molecule has 2 aliphatic heterocycles. The molecule has 0 aromatic heterocycles. The predicted octanol–water partition coefficient (Wildman–Crippen LogP) is 2.07. The topological polar surface area (TPSA) is 111 Å². The number of hydrogen-bond donors (Lipinski definition) is 4. The third-order valence-electron chi connectivity index (χ3n) is 7.45. The third-order valence-corrected chi connectivity index (χ3v) is 8.70. The molecule has 3 aliphatic rings. The molecule has 0 spiro atoms. The van der Waals surface area contributed by atoms with Gasteiger partial charge in [-0.25, -0.2) is 0 Å². The minimum atomic E-state index is -0.636. The summed E-state index contributed by atoms with van der Waals surface area (Å²) in [6.45, 7) is 5.84. The van der Waals surface area contributed by atoms with Crippen LogP contribution in [0.5, 0.6) is 5.75 Å². The summed E-state index contributed by atoms with van der Waals surface area (Å²) in [4.78, 5) is 41.6. The van der Waals surface area contributed by atoms with E-state index < -0.39 is 23.5 Å². The molecule has 4 N–H and O–H groups in total. The van der Waals surface area contributed by atoms with E-state index in [1.165, 1.54) is 0 Å². The fourth-order valence-electron chi connectivity index (χ4n) is 5.48. The Morgan fingerprint density at radius 2 is 1.97 bits per heavy atom. The van der Waals surface area contributed by atoms with Crippen molar-refractivity contribution in [1.82, 2.24) is 20.9 Å². The van der Waals surface area contributed by atoms with Crippen LogP contribution in [0.2, 0.25) is 0 Å². The molecular weight excluding hydrogens is 452 g/mol. The molecule has 2 heterocycles. The average Bonchev–Trinajstić information content (AvgIpc) is 2.98. The Labute approximate surface area is 205 Å². The van der Waals surface area contributed by atoms with Crippen LogP contribution in [0.1, 0.15) is 63.6 Å². The molecule has 2 fully saturated rings. The van der Waals surface area contributed by atoms with Crippen molar-refractivity contribution in [3.8, 4) is 5.75 Å². The van der Waals surface area contributed by atoms with Crippen molar-refractivity contribution in [3.63, 3.8) is 0 Å². The number of likely N-dealkylation sites (N-methyl/N-ethyl adjacent to an activating group) is 1. The Balaban J connectivity index is 1.56. The minimum absolute atomic E-state index is 0.0857. The van der Waals surface area contributed by atoms with Crippen LogP contribution in [-0.4, -0.2) is 64.0 Å². The Morgan fingerprint density at radius 3 is 2.71 bits per heavy atom. The predicted molar refractivity (Wildman–Crippen MR) is 132 cm³/mol. The van der Waals surface area contributed by atoms with Gasteiger partial charge in [0.05, 0.1) is 17.5 Å². The minimum Gasteiger partial charge on any atom is -0.508 e. The van der Waals surface area contributed by atoms with Gasteiger partial charge in [-0.2, -0.15) is 0 Å². The number of aryl methyl sites for hydroxylation is 1. The van der Waals surface area contributed by atoms with Gasteiger partial charge < -0.3 is 26.0 Å². The molecule has 3 amide bonds. The number of phenols is 1. The molecule has 8 nitrogen and oxygen atoms in total. The molecular formula is C25H36N4O4S. The van der Waals surface area contributed by atoms with Crippen LogP contribution in [0.15, 0.2) is 18.2 Å². The van der Waals surface area contributed by atoms with E-state index in [1.54, 1.807) is 42.8 Å². The second-order valence-electron chi connectivity index (χ2n) is 10.4. The summed E-state index contributed by atoms with van der Waals surface area (Å²) in [5.74, 6) is 0.439. The quantitative estimate of drug-likeness (QED) is 0.505. The first kappa shape index (κ1) is 24.9. The molecule has 0 radical (unpaired) electrons. The number of carbonyl (C=O) groups excluding carboxylic acids is 3. The van der Waals surface area contributed by atoms with Gasteiger partial charge >= 0.3 is 0 Å². The van der Waals surface area contributed by atoms with Crippen molar-refractivity contribution in [2.75, 3.05) is 12.8 Å². The number of nitrogens with one attached hydrogen (secondary N) is 3. The van der Waals surface area contributed by atoms with Crippen LogP contribution in [0.4, 0.5) is 0 Å². The van der Waals surface area contributed by atoms with Gasteiger partial charge in [0.25, 0.3) is 0 Å². The highest BCUT2D eigenvalue weighted by Gasteiger charge is 2.54. The number of fused-ring (bicyclic) bond motifs is 2. The zero-order valence-electron chi connectivity index (χ0n) is 20.4. The first-order valence-electron chi connectivity index (χ1n) is 12.2. The van der Waals surface area contributed by atoms with Gasteiger partial charge in [-0.3, -0.25) is 14.4 Å². The fraction of sp³-hybridized carbons (Fsp3) is 0.640. The van der Waals surface area contributed by atoms with E-state index in [1.807, 2.05) is 19.9 Å². The normalized spacial score (nSPS) is 28.9. The van der Waals surface area contributed by atoms with E-state index in [-0.39, 0.29) is 34.9 Å². The van der Waals surface area contributed by atoms with Crippen molar-refractivity contribution in [3.05, 3.63) is 29.3 Å². The molecule has 2 saturated heterocycles. The lowest BCUT2D eigenvalue weighted by Gasteiger charge is -2.36. The largest absolute Gasteiger partial charge is 0.508 e. The summed E-state index contributed by atoms with van der Waals surface area (Å²) in [5, 5.41) is 18.8. The van der Waals surface area contributed by atoms with Crippen LogP contribution in [0, 0.1) is 5.41 Å². The lowest BCUT2D eigenvalue weighted by atomic mass is 9.83. The van der Waals surface area contributed by atoms with Crippen molar-refractivity contribution in [2.24, 2.45) is 5.41 Å². The number of amides is 3. The highest BCUT2D eigenvalue weighted by molar-refractivity contribution is 7.99. The van der Waals surface area contributed by atoms with E-state index in [9.17, 15) is 19.5 Å². The number of hydrogen-bond acceptors (Lipinski definition) is 6. The summed E-state index contributed by atoms with van der Waals surface area (Å²) in [5.41, 5.74) is 1.70. The van der Waals surface area contributed by atoms with Crippen molar-refractivity contribution >= 4 is 29.5 Å². The zero-order valence-corrected chi connectivity index (χ0v) is 21.2. The standard InChI is InChI=1S/C25H36N4O4S/c1-14(26-4)22(31)28-19-10-11-34-20-13-25(2,3)21(29(20)24(19)33)23(32)27-18-7-5-6-15-12-16(30)8-9-17(15)18/h8-9,12,14,18-21,26,30H,5-7,10-11,13H2,1-4H3,(H,27,32)(H,28,31)/t14-,18+,19-,20-,21+/m0/s1. The number of aromatic hydroxyl groups is 1. The highest BCUT2D eigenvalue weighted by atomic mass is 32.2. The van der Waals surface area contributed by atoms with Gasteiger partial charge in [-0.05, 0) is 80.5 Å². The monoisotopic (exact) mass is 488 g/mol. The number of rotatable bonds is 5. The number of phenolic OH excluding ortho intramolecular Hbond substituents is 1. The van der Waals surface area contributed by atoms with E-state index in [0.717, 1.165) is 42.6 Å². The summed E-state index contributed by atoms with van der Waals surface area (Å²) < 4.78 is 0. The van der Waals surface area contributed by atoms with Crippen LogP contribution in [0.3, 0.4) is 0 Å². The van der Waals surface area contributed by atoms with E-state index in [4.69, 9.17) is 0 Å². The van der Waals surface area contributed by atoms with Gasteiger partial charge in [-0.15, -0.1) is 11.8 Å². The maximum absolute atomic E-state index is 13.7. The van der Waals surface area contributed by atoms with Gasteiger partial charge in [0.2, 0.25) is 17.7 Å². The fourth-order valence-corrected chi connectivity index (χ4v) is 7.06. The molecule has 186 valence electrons. The number of benzene rings is 1. The van der Waals surface area contributed by atoms with Crippen LogP contribution >= 0.6 is 11.8 Å². The van der Waals surface area contributed by atoms with Gasteiger partial charge in [-0.1, -0.05) is 19.9 Å². The zero-order chi connectivity index (χ0) is 24.6. The van der Waals surface area contributed by atoms with Gasteiger partial charge in [0.15, 0.2) is 0 Å². The maximum atomic E-state index is 13.7. The summed E-state index contributed by atoms with van der Waals surface area (Å²) in [6.07, 6.45) is 3.90. The first-order chi connectivity index (χ1) is 16.1. The second kappa shape index (κ2) is 9.77. The first-order valence-corrected chi connectivity index (χ1v) is 13.2. The smallest absolute Gasteiger partial charge is 0.246 e. The molecule has 1 aromatic carbocycles. The molecule has 4 rings (SSSR count). The second-order valence-corrected chi connectivity index (χ2v) is 11.6. The molecule has 9 heteroatoms. The van der Waals surface area contributed by atoms with Crippen LogP contribution in [0.25, 0.3) is 0 Å². The molecule has 1 aliphatic carbocycles. The van der Waals surface area contributed by atoms with Crippen LogP contribution < -0.4 is 16.0 Å². The summed E-state index contributed by atoms with van der Waals surface area (Å²) in [6, 6.07) is 3.53. The Morgan fingerprint density at radius 1 is 1.21 bits per heavy atom. The van der Waals surface area contributed by atoms with Crippen molar-refractivity contribution in [1.29, 1.82) is 0 Å². The number of thioether (sulfide) groups is 1. The van der Waals surface area contributed by atoms with Gasteiger partial charge in [0, 0.05) is 0 Å². The van der Waals surface area contributed by atoms with E-state index in [0.29, 0.717) is 6.42 Å².